The number of pyridine rings is 1. The summed E-state index contributed by atoms with van der Waals surface area (Å²) in [5.74, 6) is 0. The second kappa shape index (κ2) is 6.12. The number of hydrogen-bond donors (Lipinski definition) is 2. The Morgan fingerprint density at radius 3 is 2.71 bits per heavy atom. The highest BCUT2D eigenvalue weighted by molar-refractivity contribution is 5.04. The summed E-state index contributed by atoms with van der Waals surface area (Å²) in [6.07, 6.45) is 8.75. The van der Waals surface area contributed by atoms with E-state index in [0.29, 0.717) is 0 Å². The second-order valence-corrected chi connectivity index (χ2v) is 5.00. The van der Waals surface area contributed by atoms with Gasteiger partial charge in [-0.25, -0.2) is 0 Å². The van der Waals surface area contributed by atoms with Crippen LogP contribution < -0.4 is 5.32 Å². The number of nitrogens with one attached hydrogen (secondary N) is 1. The van der Waals surface area contributed by atoms with Gasteiger partial charge >= 0.3 is 0 Å². The molecule has 2 rings (SSSR count). The van der Waals surface area contributed by atoms with Gasteiger partial charge in [-0.3, -0.25) is 4.98 Å². The van der Waals surface area contributed by atoms with Crippen molar-refractivity contribution in [1.29, 1.82) is 0 Å². The molecule has 1 fully saturated rings. The van der Waals surface area contributed by atoms with Gasteiger partial charge in [0.1, 0.15) is 0 Å². The average molecular weight is 234 g/mol. The van der Waals surface area contributed by atoms with E-state index in [0.717, 1.165) is 31.5 Å². The molecule has 1 heterocycles. The van der Waals surface area contributed by atoms with E-state index >= 15 is 0 Å². The number of aliphatic hydroxyl groups excluding tert-OH is 1. The van der Waals surface area contributed by atoms with E-state index in [4.69, 9.17) is 0 Å². The van der Waals surface area contributed by atoms with Crippen molar-refractivity contribution in [2.24, 2.45) is 0 Å². The molecule has 1 saturated carbocycles. The highest BCUT2D eigenvalue weighted by atomic mass is 16.3. The third kappa shape index (κ3) is 3.51. The molecule has 0 aliphatic heterocycles. The lowest BCUT2D eigenvalue weighted by Crippen LogP contribution is -2.50. The van der Waals surface area contributed by atoms with Gasteiger partial charge in [-0.2, -0.15) is 0 Å². The van der Waals surface area contributed by atoms with Gasteiger partial charge in [0.15, 0.2) is 0 Å². The molecule has 0 amide bonds. The van der Waals surface area contributed by atoms with Crippen molar-refractivity contribution in [1.82, 2.24) is 10.3 Å². The summed E-state index contributed by atoms with van der Waals surface area (Å²) < 4.78 is 0. The Balaban J connectivity index is 1.80. The maximum Gasteiger partial charge on any atom is 0.0613 e. The summed E-state index contributed by atoms with van der Waals surface area (Å²) in [5.41, 5.74) is 1.09. The molecule has 1 aromatic heterocycles. The summed E-state index contributed by atoms with van der Waals surface area (Å²) >= 11 is 0. The van der Waals surface area contributed by atoms with Crippen molar-refractivity contribution in [3.05, 3.63) is 30.1 Å². The fourth-order valence-electron chi connectivity index (χ4n) is 2.62. The number of aromatic nitrogens is 1. The quantitative estimate of drug-likeness (QED) is 0.818. The lowest BCUT2D eigenvalue weighted by molar-refractivity contribution is 0.121. The first-order valence-corrected chi connectivity index (χ1v) is 6.60. The molecule has 0 unspecified atom stereocenters. The minimum Gasteiger partial charge on any atom is -0.394 e. The molecule has 0 radical (unpaired) electrons. The van der Waals surface area contributed by atoms with Crippen molar-refractivity contribution < 1.29 is 5.11 Å². The Morgan fingerprint density at radius 2 is 2.06 bits per heavy atom. The molecule has 0 spiro atoms. The van der Waals surface area contributed by atoms with E-state index in [9.17, 15) is 5.11 Å². The molecule has 0 saturated heterocycles. The first-order valence-electron chi connectivity index (χ1n) is 6.60. The highest BCUT2D eigenvalue weighted by Gasteiger charge is 2.30. The van der Waals surface area contributed by atoms with Crippen LogP contribution in [0.5, 0.6) is 0 Å². The molecule has 1 aromatic rings. The molecular weight excluding hydrogens is 212 g/mol. The number of hydrogen-bond acceptors (Lipinski definition) is 3. The molecule has 94 valence electrons. The number of rotatable bonds is 5. The first kappa shape index (κ1) is 12.5. The molecule has 0 bridgehead atoms. The van der Waals surface area contributed by atoms with Gasteiger partial charge in [-0.05, 0) is 25.0 Å². The molecule has 3 heteroatoms. The van der Waals surface area contributed by atoms with Crippen molar-refractivity contribution in [2.75, 3.05) is 13.2 Å². The zero-order valence-corrected chi connectivity index (χ0v) is 10.4. The van der Waals surface area contributed by atoms with Crippen LogP contribution in [0.15, 0.2) is 24.4 Å². The largest absolute Gasteiger partial charge is 0.394 e. The van der Waals surface area contributed by atoms with E-state index in [2.05, 4.69) is 10.3 Å². The van der Waals surface area contributed by atoms with E-state index in [1.807, 2.05) is 24.4 Å². The molecule has 1 aliphatic carbocycles. The van der Waals surface area contributed by atoms with Crippen molar-refractivity contribution in [2.45, 2.75) is 44.1 Å². The Morgan fingerprint density at radius 1 is 1.24 bits per heavy atom. The van der Waals surface area contributed by atoms with E-state index < -0.39 is 0 Å². The van der Waals surface area contributed by atoms with Gasteiger partial charge in [0.25, 0.3) is 0 Å². The Labute approximate surface area is 103 Å². The van der Waals surface area contributed by atoms with Crippen LogP contribution in [0.3, 0.4) is 0 Å². The van der Waals surface area contributed by atoms with E-state index in [1.54, 1.807) is 0 Å². The lowest BCUT2D eigenvalue weighted by atomic mass is 9.82. The summed E-state index contributed by atoms with van der Waals surface area (Å²) in [7, 11) is 0. The second-order valence-electron chi connectivity index (χ2n) is 5.00. The summed E-state index contributed by atoms with van der Waals surface area (Å²) in [5, 5.41) is 13.1. The van der Waals surface area contributed by atoms with Crippen LogP contribution >= 0.6 is 0 Å². The van der Waals surface area contributed by atoms with Crippen LogP contribution in [0.1, 0.15) is 37.8 Å². The van der Waals surface area contributed by atoms with Crippen LogP contribution in [0, 0.1) is 0 Å². The van der Waals surface area contributed by atoms with Crippen LogP contribution in [-0.2, 0) is 6.42 Å². The predicted octanol–water partition coefficient (Wildman–Crippen LogP) is 1.91. The normalized spacial score (nSPS) is 19.1. The van der Waals surface area contributed by atoms with Gasteiger partial charge in [0.05, 0.1) is 6.61 Å². The molecular formula is C14H22N2O. The van der Waals surface area contributed by atoms with Gasteiger partial charge in [0.2, 0.25) is 0 Å². The molecule has 3 nitrogen and oxygen atoms in total. The van der Waals surface area contributed by atoms with E-state index in [1.165, 1.54) is 19.3 Å². The van der Waals surface area contributed by atoms with Crippen molar-refractivity contribution in [3.8, 4) is 0 Å². The van der Waals surface area contributed by atoms with Gasteiger partial charge in [0, 0.05) is 30.4 Å². The monoisotopic (exact) mass is 234 g/mol. The predicted molar refractivity (Wildman–Crippen MR) is 68.8 cm³/mol. The molecule has 2 N–H and O–H groups in total. The number of aliphatic hydroxyl groups is 1. The third-order valence-corrected chi connectivity index (χ3v) is 3.72. The van der Waals surface area contributed by atoms with Crippen molar-refractivity contribution in [3.63, 3.8) is 0 Å². The summed E-state index contributed by atoms with van der Waals surface area (Å²) in [4.78, 5) is 4.31. The zero-order valence-electron chi connectivity index (χ0n) is 10.4. The van der Waals surface area contributed by atoms with Crippen LogP contribution in [0.25, 0.3) is 0 Å². The maximum atomic E-state index is 9.56. The minimum absolute atomic E-state index is 0.0208. The molecule has 1 aliphatic rings. The topological polar surface area (TPSA) is 45.1 Å². The molecule has 17 heavy (non-hydrogen) atoms. The Kier molecular flexibility index (Phi) is 4.51. The van der Waals surface area contributed by atoms with Crippen molar-refractivity contribution >= 4 is 0 Å². The minimum atomic E-state index is -0.0208. The molecule has 0 atom stereocenters. The van der Waals surface area contributed by atoms with Crippen LogP contribution in [-0.4, -0.2) is 28.8 Å². The summed E-state index contributed by atoms with van der Waals surface area (Å²) in [6, 6.07) is 6.01. The standard InChI is InChI=1S/C14H22N2O/c17-12-14(8-3-1-4-9-14)16-11-7-13-6-2-5-10-15-13/h2,5-6,10,16-17H,1,3-4,7-9,11-12H2. The van der Waals surface area contributed by atoms with Gasteiger partial charge in [-0.15, -0.1) is 0 Å². The smallest absolute Gasteiger partial charge is 0.0613 e. The fraction of sp³-hybridized carbons (Fsp3) is 0.643. The summed E-state index contributed by atoms with van der Waals surface area (Å²) in [6.45, 7) is 1.16. The molecule has 0 aromatic carbocycles. The third-order valence-electron chi connectivity index (χ3n) is 3.72. The average Bonchev–Trinajstić information content (AvgIpc) is 2.41. The lowest BCUT2D eigenvalue weighted by Gasteiger charge is -2.36. The first-order chi connectivity index (χ1) is 8.35. The van der Waals surface area contributed by atoms with Gasteiger partial charge < -0.3 is 10.4 Å². The van der Waals surface area contributed by atoms with E-state index in [-0.39, 0.29) is 12.1 Å². The zero-order chi connectivity index (χ0) is 12.0. The Hall–Kier alpha value is -0.930. The Bertz CT molecular complexity index is 320. The SMILES string of the molecule is OCC1(NCCc2ccccn2)CCCCC1. The fourth-order valence-corrected chi connectivity index (χ4v) is 2.62. The van der Waals surface area contributed by atoms with Crippen LogP contribution in [0.2, 0.25) is 0 Å². The van der Waals surface area contributed by atoms with Gasteiger partial charge in [-0.1, -0.05) is 25.3 Å². The maximum absolute atomic E-state index is 9.56. The number of nitrogens with zero attached hydrogens (tertiary/aromatic N) is 1. The highest BCUT2D eigenvalue weighted by Crippen LogP contribution is 2.27. The van der Waals surface area contributed by atoms with Crippen LogP contribution in [0.4, 0.5) is 0 Å².